The van der Waals surface area contributed by atoms with E-state index in [0.717, 1.165) is 0 Å². The molecule has 2 nitrogen and oxygen atoms in total. The van der Waals surface area contributed by atoms with Crippen molar-refractivity contribution in [2.24, 2.45) is 0 Å². The second-order valence-electron chi connectivity index (χ2n) is 11.8. The van der Waals surface area contributed by atoms with E-state index in [2.05, 4.69) is 132 Å². The van der Waals surface area contributed by atoms with Gasteiger partial charge in [0.05, 0.1) is 0 Å². The molecule has 0 saturated heterocycles. The summed E-state index contributed by atoms with van der Waals surface area (Å²) in [5.41, 5.74) is 15.2. The van der Waals surface area contributed by atoms with Crippen molar-refractivity contribution in [1.29, 1.82) is 0 Å². The third kappa shape index (κ3) is 8.05. The first-order valence-electron chi connectivity index (χ1n) is 12.3. The summed E-state index contributed by atoms with van der Waals surface area (Å²) in [7, 11) is 0.234. The zero-order chi connectivity index (χ0) is 26.0. The van der Waals surface area contributed by atoms with E-state index in [1.165, 1.54) is 55.6 Å². The van der Waals surface area contributed by atoms with Crippen LogP contribution in [0.1, 0.15) is 97.2 Å². The van der Waals surface area contributed by atoms with Crippen molar-refractivity contribution < 1.29 is 40.4 Å². The average molecular weight is 618 g/mol. The SMILES string of the molecule is CC(C)(C)N1C=CN(C(C)(C)C)[SiH]1.C[c-]1[c-](C)[c-](C)[c-](C)[c-]1C.Cc1c(C)c(C)[c-](C)c1C.[Sm]. The van der Waals surface area contributed by atoms with Crippen molar-refractivity contribution in [1.82, 2.24) is 9.13 Å². The number of rotatable bonds is 0. The van der Waals surface area contributed by atoms with Gasteiger partial charge in [0.25, 0.3) is 9.84 Å². The first-order chi connectivity index (χ1) is 14.8. The Labute approximate surface area is 247 Å². The van der Waals surface area contributed by atoms with E-state index < -0.39 is 0 Å². The van der Waals surface area contributed by atoms with E-state index >= 15 is 0 Å². The van der Waals surface area contributed by atoms with Gasteiger partial charge in [-0.3, -0.25) is 0 Å². The van der Waals surface area contributed by atoms with Gasteiger partial charge in [-0.25, -0.2) is 34.6 Å². The van der Waals surface area contributed by atoms with Crippen LogP contribution in [0.15, 0.2) is 12.4 Å². The number of hydrogen-bond acceptors (Lipinski definition) is 2. The molecule has 0 unspecified atom stereocenters. The molecule has 0 fully saturated rings. The van der Waals surface area contributed by atoms with Crippen LogP contribution >= 0.6 is 0 Å². The minimum Gasteiger partial charge on any atom is -0.731 e. The van der Waals surface area contributed by atoms with Gasteiger partial charge < -0.3 is 36.9 Å². The van der Waals surface area contributed by atoms with Crippen LogP contribution in [-0.4, -0.2) is 30.1 Å². The maximum Gasteiger partial charge on any atom is 0.278 e. The van der Waals surface area contributed by atoms with Gasteiger partial charge in [-0.1, -0.05) is 34.6 Å². The summed E-state index contributed by atoms with van der Waals surface area (Å²) >= 11 is 0. The predicted molar refractivity (Wildman–Crippen MR) is 151 cm³/mol. The Morgan fingerprint density at radius 3 is 0.912 bits per heavy atom. The molecule has 3 rings (SSSR count). The third-order valence-electron chi connectivity index (χ3n) is 7.81. The van der Waals surface area contributed by atoms with Gasteiger partial charge in [0.2, 0.25) is 0 Å². The summed E-state index contributed by atoms with van der Waals surface area (Å²) < 4.78 is 4.89. The normalized spacial score (nSPS) is 13.3. The summed E-state index contributed by atoms with van der Waals surface area (Å²) in [5, 5.41) is 0. The molecule has 0 amide bonds. The van der Waals surface area contributed by atoms with E-state index in [9.17, 15) is 0 Å². The first-order valence-corrected chi connectivity index (χ1v) is 13.3. The van der Waals surface area contributed by atoms with Gasteiger partial charge >= 0.3 is 0 Å². The standard InChI is InChI=1S/C10H21N2Si.2C10H15.Sm/c1-9(2,3)11-7-8-12(13-11)10(4,5)6;2*1-6-7(2)9(4)10(5)8(6)3;/h7-8,13H,1-6H3;2*1-5H3;/q;-5;-1;. The molecule has 1 aliphatic heterocycles. The molecule has 34 heavy (non-hydrogen) atoms. The van der Waals surface area contributed by atoms with Gasteiger partial charge in [0.1, 0.15) is 0 Å². The summed E-state index contributed by atoms with van der Waals surface area (Å²) in [6.07, 6.45) is 4.45. The number of hydrogen-bond donors (Lipinski definition) is 0. The smallest absolute Gasteiger partial charge is 0.278 e. The molecular weight excluding hydrogens is 567 g/mol. The third-order valence-corrected chi connectivity index (χ3v) is 10.2. The van der Waals surface area contributed by atoms with Crippen molar-refractivity contribution in [2.75, 3.05) is 0 Å². The monoisotopic (exact) mass is 619 g/mol. The fourth-order valence-corrected chi connectivity index (χ4v) is 5.23. The molecular formula is C30H51N2SiSm-6. The summed E-state index contributed by atoms with van der Waals surface area (Å²) in [6.45, 7) is 35.6. The largest absolute Gasteiger partial charge is 0.731 e. The number of nitrogens with zero attached hydrogens (tertiary/aromatic N) is 2. The summed E-state index contributed by atoms with van der Waals surface area (Å²) in [6, 6.07) is 0. The minimum atomic E-state index is 0. The Bertz CT molecular complexity index is 739. The Kier molecular flexibility index (Phi) is 12.6. The Morgan fingerprint density at radius 2 is 0.794 bits per heavy atom. The van der Waals surface area contributed by atoms with Crippen molar-refractivity contribution in [3.63, 3.8) is 0 Å². The quantitative estimate of drug-likeness (QED) is 0.220. The summed E-state index contributed by atoms with van der Waals surface area (Å²) in [4.78, 5) is 0. The molecule has 0 N–H and O–H groups in total. The molecule has 0 saturated carbocycles. The summed E-state index contributed by atoms with van der Waals surface area (Å²) in [5.74, 6) is 0. The zero-order valence-electron chi connectivity index (χ0n) is 25.0. The second kappa shape index (κ2) is 12.7. The van der Waals surface area contributed by atoms with Crippen molar-refractivity contribution in [3.05, 3.63) is 68.0 Å². The molecule has 1 aliphatic rings. The first kappa shape index (κ1) is 33.6. The van der Waals surface area contributed by atoms with Crippen LogP contribution in [0.5, 0.6) is 0 Å². The van der Waals surface area contributed by atoms with Gasteiger partial charge in [0, 0.05) is 63.9 Å². The second-order valence-corrected chi connectivity index (χ2v) is 13.2. The molecule has 0 spiro atoms. The predicted octanol–water partition coefficient (Wildman–Crippen LogP) is 7.83. The van der Waals surface area contributed by atoms with Crippen molar-refractivity contribution >= 4 is 9.84 Å². The molecule has 2 aromatic carbocycles. The van der Waals surface area contributed by atoms with Crippen LogP contribution in [0.2, 0.25) is 0 Å². The molecule has 0 bridgehead atoms. The maximum atomic E-state index is 2.44. The average Bonchev–Trinajstić information content (AvgIpc) is 3.35. The maximum absolute atomic E-state index is 2.44. The van der Waals surface area contributed by atoms with E-state index in [0.29, 0.717) is 0 Å². The van der Waals surface area contributed by atoms with Gasteiger partial charge in [-0.05, 0) is 41.5 Å². The van der Waals surface area contributed by atoms with Crippen LogP contribution in [0.3, 0.4) is 0 Å². The molecule has 2 aromatic rings. The van der Waals surface area contributed by atoms with Gasteiger partial charge in [-0.2, -0.15) is 27.8 Å². The molecule has 1 heterocycles. The molecule has 1 radical (unpaired) electrons. The van der Waals surface area contributed by atoms with Crippen LogP contribution in [0.4, 0.5) is 0 Å². The minimum absolute atomic E-state index is 0. The topological polar surface area (TPSA) is 6.48 Å². The van der Waals surface area contributed by atoms with Crippen molar-refractivity contribution in [2.45, 2.75) is 122 Å². The Morgan fingerprint density at radius 1 is 0.559 bits per heavy atom. The Balaban J connectivity index is 0.000000479. The molecule has 0 atom stereocenters. The molecule has 0 aromatic heterocycles. The van der Waals surface area contributed by atoms with Crippen LogP contribution in [0.25, 0.3) is 0 Å². The van der Waals surface area contributed by atoms with E-state index in [1.807, 2.05) is 0 Å². The van der Waals surface area contributed by atoms with Gasteiger partial charge in [0.15, 0.2) is 0 Å². The van der Waals surface area contributed by atoms with Crippen LogP contribution in [0, 0.1) is 110 Å². The molecule has 197 valence electrons. The van der Waals surface area contributed by atoms with E-state index in [1.54, 1.807) is 0 Å². The fourth-order valence-electron chi connectivity index (χ4n) is 3.96. The van der Waals surface area contributed by atoms with Crippen LogP contribution < -0.4 is 0 Å². The zero-order valence-corrected chi connectivity index (χ0v) is 28.8. The van der Waals surface area contributed by atoms with E-state index in [4.69, 9.17) is 0 Å². The van der Waals surface area contributed by atoms with Crippen LogP contribution in [-0.2, 0) is 0 Å². The Hall–Kier alpha value is -0.405. The fraction of sp³-hybridized carbons (Fsp3) is 0.600. The van der Waals surface area contributed by atoms with Gasteiger partial charge in [-0.15, -0.1) is 0 Å². The van der Waals surface area contributed by atoms with E-state index in [-0.39, 0.29) is 61.3 Å². The van der Waals surface area contributed by atoms with Crippen molar-refractivity contribution in [3.8, 4) is 0 Å². The molecule has 0 aliphatic carbocycles. The molecule has 4 heteroatoms.